The lowest BCUT2D eigenvalue weighted by molar-refractivity contribution is -0.140. The normalized spacial score (nSPS) is 11.9. The Morgan fingerprint density at radius 3 is 2.21 bits per heavy atom. The molecule has 0 aliphatic carbocycles. The van der Waals surface area contributed by atoms with Crippen molar-refractivity contribution in [2.24, 2.45) is 0 Å². The van der Waals surface area contributed by atoms with Crippen molar-refractivity contribution in [1.82, 2.24) is 10.2 Å². The molecule has 0 aliphatic rings. The second kappa shape index (κ2) is 10.1. The Balaban J connectivity index is 2.14. The molecule has 0 bridgehead atoms. The van der Waals surface area contributed by atoms with Gasteiger partial charge in [-0.25, -0.2) is 0 Å². The minimum Gasteiger partial charge on any atom is -0.352 e. The van der Waals surface area contributed by atoms with Gasteiger partial charge in [-0.05, 0) is 52.2 Å². The van der Waals surface area contributed by atoms with E-state index in [-0.39, 0.29) is 17.9 Å². The van der Waals surface area contributed by atoms with Crippen LogP contribution in [0.5, 0.6) is 0 Å². The van der Waals surface area contributed by atoms with Gasteiger partial charge in [0.15, 0.2) is 0 Å². The van der Waals surface area contributed by atoms with Gasteiger partial charge in [0, 0.05) is 19.0 Å². The summed E-state index contributed by atoms with van der Waals surface area (Å²) in [5, 5.41) is 2.92. The molecule has 0 spiro atoms. The van der Waals surface area contributed by atoms with E-state index >= 15 is 0 Å². The zero-order valence-corrected chi connectivity index (χ0v) is 17.7. The number of carbonyl (C=O) groups excluding carboxylic acids is 2. The molecule has 0 aromatic heterocycles. The molecule has 0 saturated carbocycles. The summed E-state index contributed by atoms with van der Waals surface area (Å²) >= 11 is 0. The Kier molecular flexibility index (Phi) is 7.80. The Bertz CT molecular complexity index is 797. The lowest BCUT2D eigenvalue weighted by Crippen LogP contribution is -2.49. The van der Waals surface area contributed by atoms with Crippen LogP contribution >= 0.6 is 0 Å². The van der Waals surface area contributed by atoms with Crippen LogP contribution in [-0.2, 0) is 22.6 Å². The molecule has 0 aliphatic heterocycles. The zero-order valence-electron chi connectivity index (χ0n) is 17.7. The number of benzene rings is 2. The lowest BCUT2D eigenvalue weighted by Gasteiger charge is -2.29. The molecule has 1 atom stereocenters. The molecule has 4 heteroatoms. The first-order chi connectivity index (χ1) is 13.3. The highest BCUT2D eigenvalue weighted by atomic mass is 16.2. The quantitative estimate of drug-likeness (QED) is 0.747. The third-order valence-electron chi connectivity index (χ3n) is 4.78. The van der Waals surface area contributed by atoms with Gasteiger partial charge in [0.2, 0.25) is 11.8 Å². The van der Waals surface area contributed by atoms with Crippen LogP contribution in [0.3, 0.4) is 0 Å². The monoisotopic (exact) mass is 380 g/mol. The van der Waals surface area contributed by atoms with Gasteiger partial charge in [-0.15, -0.1) is 0 Å². The van der Waals surface area contributed by atoms with E-state index in [4.69, 9.17) is 0 Å². The molecule has 2 amide bonds. The molecule has 0 fully saturated rings. The maximum atomic E-state index is 13.1. The van der Waals surface area contributed by atoms with Gasteiger partial charge in [-0.1, -0.05) is 59.7 Å². The van der Waals surface area contributed by atoms with Crippen LogP contribution in [0.25, 0.3) is 0 Å². The van der Waals surface area contributed by atoms with Gasteiger partial charge < -0.3 is 10.2 Å². The maximum absolute atomic E-state index is 13.1. The molecule has 0 saturated heterocycles. The topological polar surface area (TPSA) is 49.4 Å². The van der Waals surface area contributed by atoms with Crippen LogP contribution in [0.1, 0.15) is 49.4 Å². The van der Waals surface area contributed by atoms with E-state index in [9.17, 15) is 9.59 Å². The largest absolute Gasteiger partial charge is 0.352 e. The minimum absolute atomic E-state index is 0.00603. The van der Waals surface area contributed by atoms with Gasteiger partial charge >= 0.3 is 0 Å². The number of aryl methyl sites for hydroxylation is 3. The van der Waals surface area contributed by atoms with E-state index in [1.54, 1.807) is 11.8 Å². The molecule has 2 aromatic carbocycles. The highest BCUT2D eigenvalue weighted by molar-refractivity contribution is 5.87. The first-order valence-corrected chi connectivity index (χ1v) is 9.97. The van der Waals surface area contributed by atoms with E-state index in [1.165, 1.54) is 5.56 Å². The van der Waals surface area contributed by atoms with Gasteiger partial charge in [-0.3, -0.25) is 9.59 Å². The van der Waals surface area contributed by atoms with Gasteiger partial charge in [0.05, 0.1) is 0 Å². The number of carbonyl (C=O) groups is 2. The summed E-state index contributed by atoms with van der Waals surface area (Å²) in [4.78, 5) is 27.3. The van der Waals surface area contributed by atoms with Crippen molar-refractivity contribution in [3.63, 3.8) is 0 Å². The second-order valence-electron chi connectivity index (χ2n) is 7.84. The average Bonchev–Trinajstić information content (AvgIpc) is 2.64. The molecule has 1 N–H and O–H groups in total. The van der Waals surface area contributed by atoms with Gasteiger partial charge in [-0.2, -0.15) is 0 Å². The van der Waals surface area contributed by atoms with Crippen molar-refractivity contribution < 1.29 is 9.59 Å². The summed E-state index contributed by atoms with van der Waals surface area (Å²) in [7, 11) is 0. The SMILES string of the molecule is Cc1ccc(CCC(=O)N(Cc2cccc(C)c2)[C@@H](C)C(=O)NC(C)C)cc1. The number of hydrogen-bond acceptors (Lipinski definition) is 2. The van der Waals surface area contributed by atoms with Crippen molar-refractivity contribution in [2.45, 2.75) is 66.1 Å². The van der Waals surface area contributed by atoms with Crippen LogP contribution in [-0.4, -0.2) is 28.8 Å². The van der Waals surface area contributed by atoms with E-state index < -0.39 is 6.04 Å². The van der Waals surface area contributed by atoms with Crippen molar-refractivity contribution >= 4 is 11.8 Å². The number of nitrogens with one attached hydrogen (secondary N) is 1. The highest BCUT2D eigenvalue weighted by Gasteiger charge is 2.26. The Morgan fingerprint density at radius 2 is 1.61 bits per heavy atom. The lowest BCUT2D eigenvalue weighted by atomic mass is 10.1. The number of hydrogen-bond donors (Lipinski definition) is 1. The molecular weight excluding hydrogens is 348 g/mol. The maximum Gasteiger partial charge on any atom is 0.242 e. The molecule has 0 heterocycles. The predicted molar refractivity (Wildman–Crippen MR) is 114 cm³/mol. The second-order valence-corrected chi connectivity index (χ2v) is 7.84. The molecule has 4 nitrogen and oxygen atoms in total. The Labute approximate surface area is 169 Å². The number of rotatable bonds is 8. The van der Waals surface area contributed by atoms with E-state index in [0.29, 0.717) is 19.4 Å². The summed E-state index contributed by atoms with van der Waals surface area (Å²) in [6, 6.07) is 15.8. The fourth-order valence-electron chi connectivity index (χ4n) is 3.14. The third-order valence-corrected chi connectivity index (χ3v) is 4.78. The predicted octanol–water partition coefficient (Wildman–Crippen LogP) is 4.18. The van der Waals surface area contributed by atoms with Crippen molar-refractivity contribution in [3.8, 4) is 0 Å². The first kappa shape index (κ1) is 21.7. The molecule has 0 radical (unpaired) electrons. The third kappa shape index (κ3) is 6.52. The fraction of sp³-hybridized carbons (Fsp3) is 0.417. The minimum atomic E-state index is -0.520. The molecule has 28 heavy (non-hydrogen) atoms. The molecule has 150 valence electrons. The zero-order chi connectivity index (χ0) is 20.7. The Morgan fingerprint density at radius 1 is 0.929 bits per heavy atom. The summed E-state index contributed by atoms with van der Waals surface area (Å²) in [6.45, 7) is 10.2. The number of amides is 2. The molecule has 0 unspecified atom stereocenters. The molecular formula is C24H32N2O2. The summed E-state index contributed by atoms with van der Waals surface area (Å²) < 4.78 is 0. The summed E-state index contributed by atoms with van der Waals surface area (Å²) in [5.74, 6) is -0.125. The van der Waals surface area contributed by atoms with Crippen LogP contribution in [0, 0.1) is 13.8 Å². The van der Waals surface area contributed by atoms with Crippen LogP contribution in [0.15, 0.2) is 48.5 Å². The van der Waals surface area contributed by atoms with Gasteiger partial charge in [0.1, 0.15) is 6.04 Å². The van der Waals surface area contributed by atoms with Gasteiger partial charge in [0.25, 0.3) is 0 Å². The smallest absolute Gasteiger partial charge is 0.242 e. The van der Waals surface area contributed by atoms with E-state index in [0.717, 1.165) is 16.7 Å². The van der Waals surface area contributed by atoms with Crippen LogP contribution < -0.4 is 5.32 Å². The van der Waals surface area contributed by atoms with E-state index in [2.05, 4.69) is 35.6 Å². The van der Waals surface area contributed by atoms with Crippen molar-refractivity contribution in [2.75, 3.05) is 0 Å². The Hall–Kier alpha value is -2.62. The highest BCUT2D eigenvalue weighted by Crippen LogP contribution is 2.14. The van der Waals surface area contributed by atoms with Crippen LogP contribution in [0.4, 0.5) is 0 Å². The van der Waals surface area contributed by atoms with Crippen molar-refractivity contribution in [1.29, 1.82) is 0 Å². The van der Waals surface area contributed by atoms with Crippen molar-refractivity contribution in [3.05, 3.63) is 70.8 Å². The average molecular weight is 381 g/mol. The van der Waals surface area contributed by atoms with E-state index in [1.807, 2.05) is 45.9 Å². The van der Waals surface area contributed by atoms with Crippen LogP contribution in [0.2, 0.25) is 0 Å². The summed E-state index contributed by atoms with van der Waals surface area (Å²) in [5.41, 5.74) is 4.51. The standard InChI is InChI=1S/C24H32N2O2/c1-17(2)25-24(28)20(5)26(16-22-8-6-7-19(4)15-22)23(27)14-13-21-11-9-18(3)10-12-21/h6-12,15,17,20H,13-14,16H2,1-5H3,(H,25,28)/t20-/m0/s1. The fourth-order valence-corrected chi connectivity index (χ4v) is 3.14. The first-order valence-electron chi connectivity index (χ1n) is 9.97. The summed E-state index contributed by atoms with van der Waals surface area (Å²) in [6.07, 6.45) is 1.05. The molecule has 2 rings (SSSR count). The number of nitrogens with zero attached hydrogens (tertiary/aromatic N) is 1. The molecule has 2 aromatic rings.